The summed E-state index contributed by atoms with van der Waals surface area (Å²) in [7, 11) is -5.42. The molecule has 0 aromatic carbocycles. The van der Waals surface area contributed by atoms with E-state index in [1.807, 2.05) is 0 Å². The van der Waals surface area contributed by atoms with Crippen molar-refractivity contribution in [2.45, 2.75) is 89.4 Å². The Balaban J connectivity index is -0.00000338. The number of carbonyl (C=O) groups excluding carboxylic acids is 2. The van der Waals surface area contributed by atoms with Crippen LogP contribution >= 0.6 is 0 Å². The second-order valence-electron chi connectivity index (χ2n) is 6.51. The van der Waals surface area contributed by atoms with Crippen LogP contribution in [0.3, 0.4) is 0 Å². The Kier molecular flexibility index (Phi) is 23.1. The first-order valence-electron chi connectivity index (χ1n) is 9.67. The van der Waals surface area contributed by atoms with Crippen molar-refractivity contribution >= 4 is 22.1 Å². The summed E-state index contributed by atoms with van der Waals surface area (Å²) >= 11 is 0. The smallest absolute Gasteiger partial charge is 0.745 e. The van der Waals surface area contributed by atoms with E-state index in [4.69, 9.17) is 9.47 Å². The summed E-state index contributed by atoms with van der Waals surface area (Å²) in [6.07, 6.45) is 9.27. The normalized spacial score (nSPS) is 12.9. The van der Waals surface area contributed by atoms with Gasteiger partial charge in [0, 0.05) is 19.0 Å². The predicted molar refractivity (Wildman–Crippen MR) is 96.5 cm³/mol. The van der Waals surface area contributed by atoms with E-state index in [-0.39, 0.29) is 72.3 Å². The molecule has 8 nitrogen and oxygen atoms in total. The summed E-state index contributed by atoms with van der Waals surface area (Å²) < 4.78 is 43.9. The van der Waals surface area contributed by atoms with Crippen molar-refractivity contribution in [2.75, 3.05) is 13.2 Å². The molecule has 0 aliphatic carbocycles. The molecule has 1 unspecified atom stereocenters. The molecule has 11 heteroatoms. The summed E-state index contributed by atoms with van der Waals surface area (Å²) in [5.74, 6) is -3.39. The van der Waals surface area contributed by atoms with E-state index >= 15 is 0 Å². The van der Waals surface area contributed by atoms with Crippen LogP contribution in [-0.2, 0) is 29.2 Å². The Labute approximate surface area is 219 Å². The first-order valence-corrected chi connectivity index (χ1v) is 11.1. The van der Waals surface area contributed by atoms with Gasteiger partial charge in [0.2, 0.25) is 0 Å². The third kappa shape index (κ3) is 14.5. The Morgan fingerprint density at radius 3 is 1.69 bits per heavy atom. The number of rotatable bonds is 17. The fourth-order valence-corrected chi connectivity index (χ4v) is 3.55. The van der Waals surface area contributed by atoms with Gasteiger partial charge in [0.1, 0.15) is 10.1 Å². The average molecular weight is 454 g/mol. The monoisotopic (exact) mass is 454 g/mol. The van der Waals surface area contributed by atoms with Crippen molar-refractivity contribution < 1.29 is 96.3 Å². The van der Waals surface area contributed by atoms with Crippen LogP contribution < -0.4 is 64.2 Å². The molecular formula is C18H32Na2O8S. The van der Waals surface area contributed by atoms with Crippen molar-refractivity contribution in [3.63, 3.8) is 0 Å². The maximum absolute atomic E-state index is 12.1. The number of esters is 1. The second-order valence-corrected chi connectivity index (χ2v) is 8.07. The van der Waals surface area contributed by atoms with Gasteiger partial charge in [0.15, 0.2) is 0 Å². The largest absolute Gasteiger partial charge is 1.00 e. The Hall–Kier alpha value is 0.810. The number of hydrogen-bond donors (Lipinski definition) is 0. The van der Waals surface area contributed by atoms with Crippen LogP contribution in [0.25, 0.3) is 0 Å². The molecular weight excluding hydrogens is 422 g/mol. The minimum Gasteiger partial charge on any atom is -0.745 e. The number of carboxylic acid groups (broad SMARTS) is 1. The molecule has 0 spiro atoms. The summed E-state index contributed by atoms with van der Waals surface area (Å²) in [5, 5.41) is 10.8. The van der Waals surface area contributed by atoms with Gasteiger partial charge >= 0.3 is 65.1 Å². The van der Waals surface area contributed by atoms with E-state index in [1.165, 1.54) is 39.0 Å². The zero-order chi connectivity index (χ0) is 20.8. The van der Waals surface area contributed by atoms with Crippen LogP contribution in [0.4, 0.5) is 0 Å². The van der Waals surface area contributed by atoms with E-state index in [0.29, 0.717) is 6.42 Å². The molecule has 0 rings (SSSR count). The van der Waals surface area contributed by atoms with Crippen LogP contribution in [0.15, 0.2) is 0 Å². The first-order chi connectivity index (χ1) is 12.7. The minimum atomic E-state index is -5.42. The summed E-state index contributed by atoms with van der Waals surface area (Å²) in [6, 6.07) is 0. The molecule has 0 radical (unpaired) electrons. The van der Waals surface area contributed by atoms with Crippen LogP contribution in [0.5, 0.6) is 0 Å². The molecule has 0 saturated carbocycles. The Morgan fingerprint density at radius 2 is 1.31 bits per heavy atom. The van der Waals surface area contributed by atoms with Crippen molar-refractivity contribution in [1.82, 2.24) is 0 Å². The van der Waals surface area contributed by atoms with Gasteiger partial charge in [-0.05, 0) is 13.3 Å². The van der Waals surface area contributed by atoms with Crippen molar-refractivity contribution in [3.05, 3.63) is 0 Å². The maximum Gasteiger partial charge on any atom is 1.00 e. The van der Waals surface area contributed by atoms with Gasteiger partial charge < -0.3 is 23.9 Å². The average Bonchev–Trinajstić information content (AvgIpc) is 2.57. The van der Waals surface area contributed by atoms with E-state index in [9.17, 15) is 27.7 Å². The molecule has 0 bridgehead atoms. The predicted octanol–water partition coefficient (Wildman–Crippen LogP) is -4.12. The van der Waals surface area contributed by atoms with Crippen molar-refractivity contribution in [2.24, 2.45) is 0 Å². The van der Waals surface area contributed by atoms with Crippen molar-refractivity contribution in [1.29, 1.82) is 0 Å². The number of carboxylic acids is 1. The SMILES string of the molecule is CCCCCCCCCCCCOC(=O)C(CC(=O)[O-])(OCC)S(=O)(=O)[O-].[Na+].[Na+]. The van der Waals surface area contributed by atoms with Gasteiger partial charge in [-0.25, -0.2) is 13.2 Å². The fraction of sp³-hybridized carbons (Fsp3) is 0.889. The van der Waals surface area contributed by atoms with Crippen LogP contribution in [0.2, 0.25) is 0 Å². The van der Waals surface area contributed by atoms with Crippen molar-refractivity contribution in [3.8, 4) is 0 Å². The fourth-order valence-electron chi connectivity index (χ4n) is 2.73. The number of unbranched alkanes of at least 4 members (excludes halogenated alkanes) is 9. The Morgan fingerprint density at radius 1 is 0.862 bits per heavy atom. The van der Waals surface area contributed by atoms with Crippen LogP contribution in [0.1, 0.15) is 84.5 Å². The molecule has 0 N–H and O–H groups in total. The van der Waals surface area contributed by atoms with Crippen LogP contribution in [0, 0.1) is 0 Å². The first kappa shape index (κ1) is 34.4. The summed E-state index contributed by atoms with van der Waals surface area (Å²) in [6.45, 7) is 3.07. The molecule has 1 atom stereocenters. The number of aliphatic carboxylic acids is 1. The molecule has 160 valence electrons. The maximum atomic E-state index is 12.1. The third-order valence-electron chi connectivity index (χ3n) is 4.20. The zero-order valence-corrected chi connectivity index (χ0v) is 23.2. The third-order valence-corrected chi connectivity index (χ3v) is 5.44. The molecule has 0 aliphatic heterocycles. The van der Waals surface area contributed by atoms with Crippen LogP contribution in [-0.4, -0.2) is 43.1 Å². The molecule has 0 saturated heterocycles. The number of hydrogen-bond acceptors (Lipinski definition) is 8. The van der Waals surface area contributed by atoms with E-state index in [2.05, 4.69) is 6.92 Å². The zero-order valence-electron chi connectivity index (χ0n) is 18.4. The van der Waals surface area contributed by atoms with Gasteiger partial charge in [0.25, 0.3) is 4.93 Å². The van der Waals surface area contributed by atoms with Gasteiger partial charge in [-0.3, -0.25) is 0 Å². The summed E-state index contributed by atoms with van der Waals surface area (Å²) in [5.41, 5.74) is 0. The molecule has 0 amide bonds. The topological polar surface area (TPSA) is 133 Å². The number of ether oxygens (including phenoxy) is 2. The molecule has 0 aromatic rings. The number of carbonyl (C=O) groups is 2. The molecule has 29 heavy (non-hydrogen) atoms. The van der Waals surface area contributed by atoms with E-state index in [0.717, 1.165) is 25.7 Å². The molecule has 0 aromatic heterocycles. The van der Waals surface area contributed by atoms with Gasteiger partial charge in [-0.1, -0.05) is 64.7 Å². The summed E-state index contributed by atoms with van der Waals surface area (Å²) in [4.78, 5) is 19.8. The second kappa shape index (κ2) is 19.5. The van der Waals surface area contributed by atoms with E-state index < -0.39 is 33.4 Å². The van der Waals surface area contributed by atoms with Gasteiger partial charge in [-0.15, -0.1) is 0 Å². The van der Waals surface area contributed by atoms with E-state index in [1.54, 1.807) is 0 Å². The van der Waals surface area contributed by atoms with Gasteiger partial charge in [-0.2, -0.15) is 0 Å². The quantitative estimate of drug-likeness (QED) is 0.0937. The van der Waals surface area contributed by atoms with Gasteiger partial charge in [0.05, 0.1) is 6.61 Å². The molecule has 0 fully saturated rings. The Bertz CT molecular complexity index is 542. The molecule has 0 aliphatic rings. The molecule has 0 heterocycles. The standard InChI is InChI=1S/C18H34O8S.2Na/c1-3-5-6-7-8-9-10-11-12-13-14-25-17(21)18(26-4-2,15-16(19)20)27(22,23)24;;/h3-15H2,1-2H3,(H,19,20)(H,22,23,24);;/q;2*+1/p-2. The minimum absolute atomic E-state index is 0.